The largest absolute Gasteiger partial charge is 0.459 e. The molecule has 0 saturated carbocycles. The summed E-state index contributed by atoms with van der Waals surface area (Å²) in [7, 11) is 0. The second-order valence-corrected chi connectivity index (χ2v) is 7.51. The first kappa shape index (κ1) is 17.7. The van der Waals surface area contributed by atoms with Crippen molar-refractivity contribution in [2.75, 3.05) is 11.9 Å². The quantitative estimate of drug-likeness (QED) is 0.707. The molecule has 9 nitrogen and oxygen atoms in total. The molecule has 142 valence electrons. The number of nitrogens with one attached hydrogen (secondary N) is 1. The highest BCUT2D eigenvalue weighted by molar-refractivity contribution is 7.15. The fourth-order valence-electron chi connectivity index (χ4n) is 3.13. The topological polar surface area (TPSA) is 97.5 Å². The summed E-state index contributed by atoms with van der Waals surface area (Å²) in [6, 6.07) is 2.35. The molecule has 3 aromatic heterocycles. The van der Waals surface area contributed by atoms with Crippen molar-refractivity contribution >= 4 is 28.0 Å². The third-order valence-electron chi connectivity index (χ3n) is 4.38. The van der Waals surface area contributed by atoms with Gasteiger partial charge in [-0.05, 0) is 6.92 Å². The standard InChI is InChI=1S/C16H18FN7O2S/c1-9-5-11(26-16-18-4-3-13-19-8-20-24(13)16)6-23(9)7-12-14(17)22-15(27-12)21-10(2)25/h3-4,8-9,11H,5-7H2,1-2H3,(H,21,22,25). The zero-order chi connectivity index (χ0) is 19.0. The highest BCUT2D eigenvalue weighted by Gasteiger charge is 2.32. The number of anilines is 1. The smallest absolute Gasteiger partial charge is 0.319 e. The van der Waals surface area contributed by atoms with Gasteiger partial charge in [0, 0.05) is 44.7 Å². The Morgan fingerprint density at radius 1 is 1.48 bits per heavy atom. The van der Waals surface area contributed by atoms with E-state index < -0.39 is 5.95 Å². The predicted molar refractivity (Wildman–Crippen MR) is 96.1 cm³/mol. The Hall–Kier alpha value is -2.66. The summed E-state index contributed by atoms with van der Waals surface area (Å²) in [5.74, 6) is -0.817. The van der Waals surface area contributed by atoms with Crippen molar-refractivity contribution in [2.45, 2.75) is 39.0 Å². The van der Waals surface area contributed by atoms with Crippen molar-refractivity contribution in [3.05, 3.63) is 29.4 Å². The molecule has 0 spiro atoms. The average Bonchev–Trinajstić information content (AvgIpc) is 3.29. The van der Waals surface area contributed by atoms with Gasteiger partial charge in [-0.25, -0.2) is 9.97 Å². The van der Waals surface area contributed by atoms with Crippen LogP contribution in [0, 0.1) is 5.95 Å². The molecule has 3 aromatic rings. The van der Waals surface area contributed by atoms with Crippen molar-refractivity contribution in [1.82, 2.24) is 29.5 Å². The molecule has 1 amide bonds. The molecule has 4 rings (SSSR count). The summed E-state index contributed by atoms with van der Waals surface area (Å²) in [5.41, 5.74) is 0.667. The summed E-state index contributed by atoms with van der Waals surface area (Å²) in [6.45, 7) is 4.47. The third-order valence-corrected chi connectivity index (χ3v) is 5.31. The van der Waals surface area contributed by atoms with Crippen molar-refractivity contribution in [1.29, 1.82) is 0 Å². The number of aromatic nitrogens is 5. The van der Waals surface area contributed by atoms with Crippen LogP contribution >= 0.6 is 11.3 Å². The molecule has 0 bridgehead atoms. The second kappa shape index (κ2) is 7.16. The zero-order valence-corrected chi connectivity index (χ0v) is 15.6. The number of nitrogens with zero attached hydrogens (tertiary/aromatic N) is 6. The van der Waals surface area contributed by atoms with E-state index in [-0.39, 0.29) is 23.2 Å². The molecular formula is C16H18FN7O2S. The van der Waals surface area contributed by atoms with Crippen LogP contribution < -0.4 is 10.1 Å². The maximum Gasteiger partial charge on any atom is 0.319 e. The molecule has 0 radical (unpaired) electrons. The first-order valence-corrected chi connectivity index (χ1v) is 9.29. The van der Waals surface area contributed by atoms with Crippen LogP contribution in [0.1, 0.15) is 25.1 Å². The van der Waals surface area contributed by atoms with Crippen LogP contribution in [0.15, 0.2) is 18.6 Å². The number of halogens is 1. The zero-order valence-electron chi connectivity index (χ0n) is 14.8. The van der Waals surface area contributed by atoms with Crippen LogP contribution in [-0.2, 0) is 11.3 Å². The Balaban J connectivity index is 1.43. The predicted octanol–water partition coefficient (Wildman–Crippen LogP) is 1.72. The fourth-order valence-corrected chi connectivity index (χ4v) is 4.05. The number of hydrogen-bond donors (Lipinski definition) is 1. The number of carbonyl (C=O) groups excluding carboxylic acids is 1. The molecule has 4 heterocycles. The number of rotatable bonds is 5. The molecule has 1 N–H and O–H groups in total. The minimum absolute atomic E-state index is 0.0897. The lowest BCUT2D eigenvalue weighted by atomic mass is 10.2. The number of amides is 1. The lowest BCUT2D eigenvalue weighted by Crippen LogP contribution is -2.28. The van der Waals surface area contributed by atoms with E-state index in [0.717, 1.165) is 17.8 Å². The molecule has 1 fully saturated rings. The van der Waals surface area contributed by atoms with E-state index in [0.29, 0.717) is 29.6 Å². The highest BCUT2D eigenvalue weighted by atomic mass is 32.1. The van der Waals surface area contributed by atoms with Crippen molar-refractivity contribution in [2.24, 2.45) is 0 Å². The van der Waals surface area contributed by atoms with Gasteiger partial charge in [-0.1, -0.05) is 11.3 Å². The van der Waals surface area contributed by atoms with Crippen molar-refractivity contribution < 1.29 is 13.9 Å². The van der Waals surface area contributed by atoms with Crippen molar-refractivity contribution in [3.63, 3.8) is 0 Å². The molecule has 2 atom stereocenters. The van der Waals surface area contributed by atoms with E-state index in [1.54, 1.807) is 16.8 Å². The van der Waals surface area contributed by atoms with E-state index in [2.05, 4.69) is 37.2 Å². The Morgan fingerprint density at radius 3 is 3.15 bits per heavy atom. The van der Waals surface area contributed by atoms with Crippen LogP contribution in [-0.4, -0.2) is 54.1 Å². The average molecular weight is 391 g/mol. The molecule has 1 saturated heterocycles. The summed E-state index contributed by atoms with van der Waals surface area (Å²) in [4.78, 5) is 25.8. The van der Waals surface area contributed by atoms with Crippen LogP contribution in [0.5, 0.6) is 6.01 Å². The van der Waals surface area contributed by atoms with Gasteiger partial charge in [-0.3, -0.25) is 9.69 Å². The van der Waals surface area contributed by atoms with Gasteiger partial charge in [0.2, 0.25) is 11.9 Å². The van der Waals surface area contributed by atoms with Gasteiger partial charge in [-0.15, -0.1) is 0 Å². The van der Waals surface area contributed by atoms with Crippen LogP contribution in [0.2, 0.25) is 0 Å². The van der Waals surface area contributed by atoms with E-state index in [1.807, 2.05) is 0 Å². The minimum atomic E-state index is -0.547. The van der Waals surface area contributed by atoms with Crippen LogP contribution in [0.3, 0.4) is 0 Å². The van der Waals surface area contributed by atoms with Gasteiger partial charge in [0.1, 0.15) is 12.4 Å². The number of carbonyl (C=O) groups is 1. The monoisotopic (exact) mass is 391 g/mol. The number of hydrogen-bond acceptors (Lipinski definition) is 8. The van der Waals surface area contributed by atoms with Gasteiger partial charge >= 0.3 is 6.01 Å². The Kier molecular flexibility index (Phi) is 4.70. The Labute approximate surface area is 158 Å². The van der Waals surface area contributed by atoms with E-state index >= 15 is 0 Å². The van der Waals surface area contributed by atoms with Crippen LogP contribution in [0.25, 0.3) is 5.65 Å². The third kappa shape index (κ3) is 3.74. The maximum atomic E-state index is 14.1. The Bertz CT molecular complexity index is 975. The number of fused-ring (bicyclic) bond motifs is 1. The van der Waals surface area contributed by atoms with E-state index in [4.69, 9.17) is 4.74 Å². The second-order valence-electron chi connectivity index (χ2n) is 6.43. The molecule has 1 aliphatic heterocycles. The molecule has 0 aliphatic carbocycles. The van der Waals surface area contributed by atoms with Gasteiger partial charge in [0.05, 0.1) is 4.88 Å². The lowest BCUT2D eigenvalue weighted by molar-refractivity contribution is -0.114. The molecule has 0 aromatic carbocycles. The molecular weight excluding hydrogens is 373 g/mol. The summed E-state index contributed by atoms with van der Waals surface area (Å²) in [6.07, 6.45) is 3.78. The van der Waals surface area contributed by atoms with Crippen molar-refractivity contribution in [3.8, 4) is 6.01 Å². The van der Waals surface area contributed by atoms with E-state index in [9.17, 15) is 9.18 Å². The van der Waals surface area contributed by atoms with Gasteiger partial charge in [-0.2, -0.15) is 19.0 Å². The van der Waals surface area contributed by atoms with Gasteiger partial charge < -0.3 is 10.1 Å². The van der Waals surface area contributed by atoms with Gasteiger partial charge in [0.15, 0.2) is 10.8 Å². The molecule has 1 aliphatic rings. The molecule has 2 unspecified atom stereocenters. The van der Waals surface area contributed by atoms with E-state index in [1.165, 1.54) is 13.3 Å². The first-order valence-electron chi connectivity index (χ1n) is 8.48. The fraction of sp³-hybridized carbons (Fsp3) is 0.438. The summed E-state index contributed by atoms with van der Waals surface area (Å²) in [5, 5.41) is 6.91. The number of thiazole rings is 1. The molecule has 11 heteroatoms. The normalized spacial score (nSPS) is 20.3. The first-order chi connectivity index (χ1) is 13.0. The SMILES string of the molecule is CC(=O)Nc1nc(F)c(CN2CC(Oc3nccc4ncnn34)CC2C)s1. The maximum absolute atomic E-state index is 14.1. The minimum Gasteiger partial charge on any atom is -0.459 e. The van der Waals surface area contributed by atoms with Crippen LogP contribution in [0.4, 0.5) is 9.52 Å². The number of ether oxygens (including phenoxy) is 1. The Morgan fingerprint density at radius 2 is 2.33 bits per heavy atom. The molecule has 27 heavy (non-hydrogen) atoms. The highest BCUT2D eigenvalue weighted by Crippen LogP contribution is 2.28. The summed E-state index contributed by atoms with van der Waals surface area (Å²) < 4.78 is 21.7. The summed E-state index contributed by atoms with van der Waals surface area (Å²) >= 11 is 1.15. The lowest BCUT2D eigenvalue weighted by Gasteiger charge is -2.19. The number of likely N-dealkylation sites (tertiary alicyclic amines) is 1. The van der Waals surface area contributed by atoms with Gasteiger partial charge in [0.25, 0.3) is 0 Å².